The predicted octanol–water partition coefficient (Wildman–Crippen LogP) is 3.59. The maximum atomic E-state index is 14.0. The predicted molar refractivity (Wildman–Crippen MR) is 93.7 cm³/mol. The highest BCUT2D eigenvalue weighted by molar-refractivity contribution is 7.89. The Kier molecular flexibility index (Phi) is 4.10. The molecule has 0 amide bonds. The fourth-order valence-corrected chi connectivity index (χ4v) is 6.72. The van der Waals surface area contributed by atoms with E-state index in [1.54, 1.807) is 6.07 Å². The molecule has 3 rings (SSSR count). The Labute approximate surface area is 133 Å². The molecule has 0 aliphatic rings. The zero-order valence-electron chi connectivity index (χ0n) is 12.1. The van der Waals surface area contributed by atoms with Crippen LogP contribution < -0.4 is 15.2 Å². The van der Waals surface area contributed by atoms with Crippen LogP contribution in [0.4, 0.5) is 0 Å². The standard InChI is InChI=1S/C18H15O2PS/c1-14(19)17-12-13-18(22-17)21(20,15-8-4-2-5-9-15)16-10-6-3-7-11-16/h2-13H,1H3. The quantitative estimate of drug-likeness (QED) is 0.542. The van der Waals surface area contributed by atoms with E-state index in [4.69, 9.17) is 0 Å². The summed E-state index contributed by atoms with van der Waals surface area (Å²) in [5.74, 6) is 0.00363. The maximum Gasteiger partial charge on any atom is 0.180 e. The van der Waals surface area contributed by atoms with Gasteiger partial charge in [-0.1, -0.05) is 60.7 Å². The first kappa shape index (κ1) is 15.0. The minimum Gasteiger partial charge on any atom is -0.308 e. The number of carbonyl (C=O) groups is 1. The van der Waals surface area contributed by atoms with Crippen LogP contribution in [-0.4, -0.2) is 5.78 Å². The lowest BCUT2D eigenvalue weighted by Gasteiger charge is -2.17. The minimum atomic E-state index is -2.93. The molecule has 0 aliphatic carbocycles. The second-order valence-corrected chi connectivity index (χ2v) is 9.09. The molecule has 0 radical (unpaired) electrons. The Morgan fingerprint density at radius 2 is 1.32 bits per heavy atom. The number of carbonyl (C=O) groups excluding carboxylic acids is 1. The van der Waals surface area contributed by atoms with Gasteiger partial charge in [-0.25, -0.2) is 0 Å². The lowest BCUT2D eigenvalue weighted by molar-refractivity contribution is 0.102. The molecule has 0 unspecified atom stereocenters. The molecule has 0 aliphatic heterocycles. The number of rotatable bonds is 4. The third-order valence-corrected chi connectivity index (χ3v) is 8.34. The Bertz CT molecular complexity index is 794. The highest BCUT2D eigenvalue weighted by atomic mass is 32.1. The van der Waals surface area contributed by atoms with Gasteiger partial charge in [0.1, 0.15) is 0 Å². The van der Waals surface area contributed by atoms with Crippen molar-refractivity contribution in [3.05, 3.63) is 77.7 Å². The van der Waals surface area contributed by atoms with Gasteiger partial charge in [-0.15, -0.1) is 11.3 Å². The van der Waals surface area contributed by atoms with Crippen molar-refractivity contribution < 1.29 is 9.36 Å². The number of benzene rings is 2. The molecule has 0 fully saturated rings. The second kappa shape index (κ2) is 6.04. The van der Waals surface area contributed by atoms with Gasteiger partial charge in [-0.3, -0.25) is 4.79 Å². The largest absolute Gasteiger partial charge is 0.308 e. The summed E-state index contributed by atoms with van der Waals surface area (Å²) in [7, 11) is -2.93. The zero-order valence-corrected chi connectivity index (χ0v) is 13.8. The normalized spacial score (nSPS) is 11.3. The molecule has 0 bridgehead atoms. The van der Waals surface area contributed by atoms with Crippen LogP contribution in [0.1, 0.15) is 16.6 Å². The SMILES string of the molecule is CC(=O)c1ccc(P(=O)(c2ccccc2)c2ccccc2)s1. The minimum absolute atomic E-state index is 0.00363. The van der Waals surface area contributed by atoms with Gasteiger partial charge in [0.05, 0.1) is 9.50 Å². The van der Waals surface area contributed by atoms with Crippen molar-refractivity contribution in [2.75, 3.05) is 0 Å². The molecule has 2 nitrogen and oxygen atoms in total. The van der Waals surface area contributed by atoms with Crippen LogP contribution in [0.5, 0.6) is 0 Å². The van der Waals surface area contributed by atoms with Crippen LogP contribution in [0, 0.1) is 0 Å². The summed E-state index contributed by atoms with van der Waals surface area (Å²) >= 11 is 1.32. The van der Waals surface area contributed by atoms with Crippen molar-refractivity contribution in [2.24, 2.45) is 0 Å². The number of hydrogen-bond acceptors (Lipinski definition) is 3. The van der Waals surface area contributed by atoms with Crippen molar-refractivity contribution >= 4 is 39.5 Å². The number of hydrogen-bond donors (Lipinski definition) is 0. The Morgan fingerprint density at radius 3 is 1.73 bits per heavy atom. The zero-order chi connectivity index (χ0) is 15.6. The van der Waals surface area contributed by atoms with Crippen LogP contribution >= 0.6 is 18.5 Å². The van der Waals surface area contributed by atoms with E-state index in [1.807, 2.05) is 66.7 Å². The third kappa shape index (κ3) is 2.58. The summed E-state index contributed by atoms with van der Waals surface area (Å²) in [4.78, 5) is 12.2. The van der Waals surface area contributed by atoms with E-state index in [2.05, 4.69) is 0 Å². The van der Waals surface area contributed by atoms with Gasteiger partial charge in [-0.05, 0) is 19.1 Å². The van der Waals surface area contributed by atoms with E-state index in [0.29, 0.717) is 4.88 Å². The molecule has 3 aromatic rings. The van der Waals surface area contributed by atoms with Gasteiger partial charge in [0.15, 0.2) is 12.9 Å². The molecular formula is C18H15O2PS. The van der Waals surface area contributed by atoms with E-state index in [-0.39, 0.29) is 5.78 Å². The molecule has 0 N–H and O–H groups in total. The summed E-state index contributed by atoms with van der Waals surface area (Å²) in [6.07, 6.45) is 0. The van der Waals surface area contributed by atoms with Crippen LogP contribution in [0.25, 0.3) is 0 Å². The molecule has 0 atom stereocenters. The fourth-order valence-electron chi connectivity index (χ4n) is 2.37. The van der Waals surface area contributed by atoms with E-state index >= 15 is 0 Å². The van der Waals surface area contributed by atoms with Gasteiger partial charge < -0.3 is 4.57 Å². The number of thiophene rings is 1. The summed E-state index contributed by atoms with van der Waals surface area (Å²) in [5, 5.41) is 1.58. The van der Waals surface area contributed by atoms with Crippen molar-refractivity contribution in [1.29, 1.82) is 0 Å². The monoisotopic (exact) mass is 326 g/mol. The van der Waals surface area contributed by atoms with Crippen molar-refractivity contribution in [3.63, 3.8) is 0 Å². The molecule has 1 aromatic heterocycles. The van der Waals surface area contributed by atoms with Crippen LogP contribution in [0.2, 0.25) is 0 Å². The van der Waals surface area contributed by atoms with Crippen molar-refractivity contribution in [3.8, 4) is 0 Å². The maximum absolute atomic E-state index is 14.0. The fraction of sp³-hybridized carbons (Fsp3) is 0.0556. The lowest BCUT2D eigenvalue weighted by Crippen LogP contribution is -2.23. The molecule has 22 heavy (non-hydrogen) atoms. The first-order valence-corrected chi connectivity index (χ1v) is 9.47. The summed E-state index contributed by atoms with van der Waals surface area (Å²) in [6, 6.07) is 22.5. The molecule has 110 valence electrons. The van der Waals surface area contributed by atoms with Gasteiger partial charge in [0.2, 0.25) is 0 Å². The molecular weight excluding hydrogens is 311 g/mol. The van der Waals surface area contributed by atoms with E-state index in [1.165, 1.54) is 18.3 Å². The van der Waals surface area contributed by atoms with Crippen LogP contribution in [0.3, 0.4) is 0 Å². The Hall–Kier alpha value is -1.96. The molecule has 2 aromatic carbocycles. The lowest BCUT2D eigenvalue weighted by atomic mass is 10.4. The molecule has 0 saturated carbocycles. The van der Waals surface area contributed by atoms with E-state index in [9.17, 15) is 9.36 Å². The number of ketones is 1. The molecule has 0 spiro atoms. The third-order valence-electron chi connectivity index (χ3n) is 3.49. The average Bonchev–Trinajstić information content (AvgIpc) is 3.06. The van der Waals surface area contributed by atoms with E-state index < -0.39 is 7.14 Å². The smallest absolute Gasteiger partial charge is 0.180 e. The van der Waals surface area contributed by atoms with Crippen LogP contribution in [-0.2, 0) is 4.57 Å². The second-order valence-electron chi connectivity index (χ2n) is 4.97. The first-order valence-electron chi connectivity index (χ1n) is 6.95. The summed E-state index contributed by atoms with van der Waals surface area (Å²) in [5.41, 5.74) is 0. The summed E-state index contributed by atoms with van der Waals surface area (Å²) < 4.78 is 14.7. The topological polar surface area (TPSA) is 34.1 Å². The van der Waals surface area contributed by atoms with E-state index in [0.717, 1.165) is 15.2 Å². The van der Waals surface area contributed by atoms with Crippen LogP contribution in [0.15, 0.2) is 72.8 Å². The Balaban J connectivity index is 2.24. The number of Topliss-reactive ketones (excluding diaryl/α,β-unsaturated/α-hetero) is 1. The van der Waals surface area contributed by atoms with Crippen molar-refractivity contribution in [2.45, 2.75) is 6.92 Å². The van der Waals surface area contributed by atoms with Crippen molar-refractivity contribution in [1.82, 2.24) is 0 Å². The van der Waals surface area contributed by atoms with Gasteiger partial charge >= 0.3 is 0 Å². The molecule has 4 heteroatoms. The summed E-state index contributed by atoms with van der Waals surface area (Å²) in [6.45, 7) is 1.53. The highest BCUT2D eigenvalue weighted by Crippen LogP contribution is 2.44. The Morgan fingerprint density at radius 1 is 0.818 bits per heavy atom. The highest BCUT2D eigenvalue weighted by Gasteiger charge is 2.31. The molecule has 1 heterocycles. The van der Waals surface area contributed by atoms with Gasteiger partial charge in [0, 0.05) is 10.6 Å². The van der Waals surface area contributed by atoms with Gasteiger partial charge in [-0.2, -0.15) is 0 Å². The first-order chi connectivity index (χ1) is 10.6. The van der Waals surface area contributed by atoms with Gasteiger partial charge in [0.25, 0.3) is 0 Å². The average molecular weight is 326 g/mol. The molecule has 0 saturated heterocycles.